The predicted octanol–water partition coefficient (Wildman–Crippen LogP) is 5.49. The Morgan fingerprint density at radius 2 is 1.50 bits per heavy atom. The zero-order valence-electron chi connectivity index (χ0n) is 10.7. The highest BCUT2D eigenvalue weighted by atomic mass is 35.5. The van der Waals surface area contributed by atoms with Crippen molar-refractivity contribution in [3.8, 4) is 0 Å². The summed E-state index contributed by atoms with van der Waals surface area (Å²) in [5.74, 6) is 0.624. The molecule has 0 aromatic heterocycles. The lowest BCUT2D eigenvalue weighted by atomic mass is 9.90. The van der Waals surface area contributed by atoms with Gasteiger partial charge in [0.25, 0.3) is 0 Å². The second kappa shape index (κ2) is 6.96. The van der Waals surface area contributed by atoms with Gasteiger partial charge in [-0.2, -0.15) is 0 Å². The average molecular weight is 239 g/mol. The fourth-order valence-corrected chi connectivity index (χ4v) is 2.60. The molecule has 1 aromatic carbocycles. The maximum atomic E-state index is 6.58. The molecule has 0 fully saturated rings. The van der Waals surface area contributed by atoms with Crippen LogP contribution in [0.1, 0.15) is 56.0 Å². The lowest BCUT2D eigenvalue weighted by Gasteiger charge is -2.21. The second-order valence-corrected chi connectivity index (χ2v) is 5.12. The van der Waals surface area contributed by atoms with E-state index in [0.717, 1.165) is 0 Å². The Labute approximate surface area is 105 Å². The van der Waals surface area contributed by atoms with E-state index >= 15 is 0 Å². The molecular weight excluding hydrogens is 216 g/mol. The lowest BCUT2D eigenvalue weighted by Crippen LogP contribution is -2.08. The number of halogens is 1. The van der Waals surface area contributed by atoms with Crippen molar-refractivity contribution in [2.24, 2.45) is 5.92 Å². The van der Waals surface area contributed by atoms with Crippen LogP contribution in [0.15, 0.2) is 24.3 Å². The van der Waals surface area contributed by atoms with Crippen LogP contribution in [0.25, 0.3) is 0 Å². The van der Waals surface area contributed by atoms with E-state index in [4.69, 9.17) is 11.6 Å². The highest BCUT2D eigenvalue weighted by Crippen LogP contribution is 2.35. The molecule has 0 aliphatic heterocycles. The standard InChI is InChI=1S/C15H23Cl/c1-4-6-13(7-5-2)15(16)14-10-8-12(3)9-11-14/h8-11,13,15H,4-7H2,1-3H3. The molecule has 1 heteroatoms. The van der Waals surface area contributed by atoms with Crippen molar-refractivity contribution in [3.63, 3.8) is 0 Å². The summed E-state index contributed by atoms with van der Waals surface area (Å²) in [5.41, 5.74) is 2.58. The summed E-state index contributed by atoms with van der Waals surface area (Å²) >= 11 is 6.58. The predicted molar refractivity (Wildman–Crippen MR) is 73.1 cm³/mol. The first kappa shape index (κ1) is 13.6. The monoisotopic (exact) mass is 238 g/mol. The molecule has 0 aliphatic carbocycles. The largest absolute Gasteiger partial charge is 0.118 e. The normalized spacial score (nSPS) is 13.1. The van der Waals surface area contributed by atoms with Crippen molar-refractivity contribution in [1.82, 2.24) is 0 Å². The summed E-state index contributed by atoms with van der Waals surface area (Å²) in [4.78, 5) is 0. The Bertz CT molecular complexity index is 283. The van der Waals surface area contributed by atoms with Crippen LogP contribution in [0.4, 0.5) is 0 Å². The summed E-state index contributed by atoms with van der Waals surface area (Å²) in [6.07, 6.45) is 4.91. The fourth-order valence-electron chi connectivity index (χ4n) is 2.20. The summed E-state index contributed by atoms with van der Waals surface area (Å²) in [5, 5.41) is 0.181. The molecule has 0 bridgehead atoms. The molecule has 0 nitrogen and oxygen atoms in total. The SMILES string of the molecule is CCCC(CCC)C(Cl)c1ccc(C)cc1. The van der Waals surface area contributed by atoms with Gasteiger partial charge < -0.3 is 0 Å². The van der Waals surface area contributed by atoms with Gasteiger partial charge in [0.2, 0.25) is 0 Å². The molecule has 0 heterocycles. The Hall–Kier alpha value is -0.490. The van der Waals surface area contributed by atoms with Gasteiger partial charge in [-0.15, -0.1) is 11.6 Å². The number of benzene rings is 1. The zero-order chi connectivity index (χ0) is 12.0. The topological polar surface area (TPSA) is 0 Å². The summed E-state index contributed by atoms with van der Waals surface area (Å²) in [6.45, 7) is 6.59. The summed E-state index contributed by atoms with van der Waals surface area (Å²) in [7, 11) is 0. The molecule has 0 amide bonds. The van der Waals surface area contributed by atoms with E-state index in [1.165, 1.54) is 36.8 Å². The molecule has 16 heavy (non-hydrogen) atoms. The third kappa shape index (κ3) is 3.83. The Morgan fingerprint density at radius 1 is 1.00 bits per heavy atom. The van der Waals surface area contributed by atoms with E-state index in [2.05, 4.69) is 45.0 Å². The van der Waals surface area contributed by atoms with Crippen molar-refractivity contribution in [1.29, 1.82) is 0 Å². The van der Waals surface area contributed by atoms with Crippen molar-refractivity contribution >= 4 is 11.6 Å². The molecule has 0 saturated heterocycles. The van der Waals surface area contributed by atoms with Gasteiger partial charge in [-0.05, 0) is 31.2 Å². The minimum atomic E-state index is 0.181. The molecule has 0 radical (unpaired) electrons. The van der Waals surface area contributed by atoms with Crippen LogP contribution in [0.2, 0.25) is 0 Å². The van der Waals surface area contributed by atoms with E-state index < -0.39 is 0 Å². The third-order valence-corrected chi connectivity index (χ3v) is 3.74. The van der Waals surface area contributed by atoms with E-state index in [9.17, 15) is 0 Å². The van der Waals surface area contributed by atoms with Crippen LogP contribution in [0, 0.1) is 12.8 Å². The Kier molecular flexibility index (Phi) is 5.90. The van der Waals surface area contributed by atoms with Gasteiger partial charge in [0, 0.05) is 0 Å². The molecule has 0 saturated carbocycles. The first-order valence-corrected chi connectivity index (χ1v) is 6.83. The van der Waals surface area contributed by atoms with Crippen LogP contribution >= 0.6 is 11.6 Å². The zero-order valence-corrected chi connectivity index (χ0v) is 11.4. The second-order valence-electron chi connectivity index (χ2n) is 4.65. The number of alkyl halides is 1. The van der Waals surface area contributed by atoms with Crippen LogP contribution in [0.3, 0.4) is 0 Å². The van der Waals surface area contributed by atoms with E-state index in [1.54, 1.807) is 0 Å². The van der Waals surface area contributed by atoms with E-state index in [-0.39, 0.29) is 5.38 Å². The maximum absolute atomic E-state index is 6.58. The molecule has 0 N–H and O–H groups in total. The van der Waals surface area contributed by atoms with Crippen LogP contribution < -0.4 is 0 Å². The highest BCUT2D eigenvalue weighted by molar-refractivity contribution is 6.21. The number of hydrogen-bond acceptors (Lipinski definition) is 0. The molecule has 0 spiro atoms. The molecule has 1 aromatic rings. The molecule has 0 aliphatic rings. The molecule has 90 valence electrons. The number of aryl methyl sites for hydroxylation is 1. The van der Waals surface area contributed by atoms with Gasteiger partial charge in [-0.25, -0.2) is 0 Å². The number of hydrogen-bond donors (Lipinski definition) is 0. The first-order valence-electron chi connectivity index (χ1n) is 6.39. The third-order valence-electron chi connectivity index (χ3n) is 3.13. The van der Waals surface area contributed by atoms with Crippen molar-refractivity contribution in [2.75, 3.05) is 0 Å². The quantitative estimate of drug-likeness (QED) is 0.575. The van der Waals surface area contributed by atoms with Crippen LogP contribution in [-0.2, 0) is 0 Å². The Morgan fingerprint density at radius 3 is 1.94 bits per heavy atom. The summed E-state index contributed by atoms with van der Waals surface area (Å²) in [6, 6.07) is 8.65. The van der Waals surface area contributed by atoms with Gasteiger partial charge in [-0.3, -0.25) is 0 Å². The molecular formula is C15H23Cl. The Balaban J connectivity index is 2.72. The van der Waals surface area contributed by atoms with Gasteiger partial charge in [0.15, 0.2) is 0 Å². The molecule has 1 unspecified atom stereocenters. The van der Waals surface area contributed by atoms with Gasteiger partial charge >= 0.3 is 0 Å². The minimum absolute atomic E-state index is 0.181. The highest BCUT2D eigenvalue weighted by Gasteiger charge is 2.19. The van der Waals surface area contributed by atoms with Crippen molar-refractivity contribution in [3.05, 3.63) is 35.4 Å². The fraction of sp³-hybridized carbons (Fsp3) is 0.600. The van der Waals surface area contributed by atoms with Crippen molar-refractivity contribution in [2.45, 2.75) is 51.8 Å². The van der Waals surface area contributed by atoms with Gasteiger partial charge in [0.1, 0.15) is 0 Å². The van der Waals surface area contributed by atoms with Crippen LogP contribution in [0.5, 0.6) is 0 Å². The molecule has 1 atom stereocenters. The first-order chi connectivity index (χ1) is 7.69. The number of rotatable bonds is 6. The average Bonchev–Trinajstić information content (AvgIpc) is 2.29. The van der Waals surface area contributed by atoms with Crippen LogP contribution in [-0.4, -0.2) is 0 Å². The van der Waals surface area contributed by atoms with Crippen molar-refractivity contribution < 1.29 is 0 Å². The minimum Gasteiger partial charge on any atom is -0.118 e. The van der Waals surface area contributed by atoms with Gasteiger partial charge in [0.05, 0.1) is 5.38 Å². The van der Waals surface area contributed by atoms with E-state index in [0.29, 0.717) is 5.92 Å². The maximum Gasteiger partial charge on any atom is 0.0613 e. The smallest absolute Gasteiger partial charge is 0.0613 e. The lowest BCUT2D eigenvalue weighted by molar-refractivity contribution is 0.426. The van der Waals surface area contributed by atoms with Gasteiger partial charge in [-0.1, -0.05) is 56.5 Å². The van der Waals surface area contributed by atoms with E-state index in [1.807, 2.05) is 0 Å². The molecule has 1 rings (SSSR count). The summed E-state index contributed by atoms with van der Waals surface area (Å²) < 4.78 is 0.